The van der Waals surface area contributed by atoms with Gasteiger partial charge in [0, 0.05) is 0 Å². The second-order valence-corrected chi connectivity index (χ2v) is 14.3. The third-order valence-electron chi connectivity index (χ3n) is 11.7. The molecule has 1 unspecified atom stereocenters. The fourth-order valence-electron chi connectivity index (χ4n) is 10.3. The topological polar surface area (TPSA) is 18.5 Å². The van der Waals surface area contributed by atoms with Crippen LogP contribution in [0.15, 0.2) is 0 Å². The molecule has 2 heteroatoms. The second kappa shape index (κ2) is 8.25. The maximum Gasteiger partial charge on any atom is 0.0694 e. The van der Waals surface area contributed by atoms with Crippen molar-refractivity contribution in [2.24, 2.45) is 59.2 Å². The van der Waals surface area contributed by atoms with Gasteiger partial charge in [0.25, 0.3) is 0 Å². The van der Waals surface area contributed by atoms with Gasteiger partial charge in [0.15, 0.2) is 0 Å². The van der Waals surface area contributed by atoms with Crippen LogP contribution in [0, 0.1) is 59.2 Å². The van der Waals surface area contributed by atoms with Crippen LogP contribution < -0.4 is 0 Å². The molecule has 0 aromatic heterocycles. The summed E-state index contributed by atoms with van der Waals surface area (Å²) in [6.07, 6.45) is 17.3. The van der Waals surface area contributed by atoms with E-state index in [1.165, 1.54) is 70.6 Å². The van der Waals surface area contributed by atoms with E-state index in [2.05, 4.69) is 34.6 Å². The fraction of sp³-hybridized carbons (Fsp3) is 1.00. The Hall–Kier alpha value is -0.0800. The lowest BCUT2D eigenvalue weighted by atomic mass is 9.49. The first kappa shape index (κ1) is 22.4. The van der Waals surface area contributed by atoms with Gasteiger partial charge in [-0.05, 0) is 144 Å². The Balaban J connectivity index is 1.05. The van der Waals surface area contributed by atoms with Gasteiger partial charge < -0.3 is 9.47 Å². The standard InChI is InChI=1S/C30H50O2/c1-17(2)19(4)31-29-26-10-24-11-27(29)13-25(12-26)28(24)6-18(3)20(5)32-30-14-21-7-22(15-30)9-23(8-21)16-30/h17-29H,6-16H2,1-5H3/t18?,19-,20-,21?,22?,23?,24?,25?,26?,27?,28?,29?,30?/m0/s1. The van der Waals surface area contributed by atoms with Crippen molar-refractivity contribution in [3.05, 3.63) is 0 Å². The van der Waals surface area contributed by atoms with E-state index in [1.807, 2.05) is 0 Å². The molecule has 8 rings (SSSR count). The summed E-state index contributed by atoms with van der Waals surface area (Å²) >= 11 is 0. The van der Waals surface area contributed by atoms with Gasteiger partial charge >= 0.3 is 0 Å². The van der Waals surface area contributed by atoms with E-state index < -0.39 is 0 Å². The lowest BCUT2D eigenvalue weighted by Gasteiger charge is -2.59. The average molecular weight is 443 g/mol. The van der Waals surface area contributed by atoms with Gasteiger partial charge in [-0.25, -0.2) is 0 Å². The molecule has 2 nitrogen and oxygen atoms in total. The third-order valence-corrected chi connectivity index (χ3v) is 11.7. The van der Waals surface area contributed by atoms with Crippen LogP contribution in [0.3, 0.4) is 0 Å². The summed E-state index contributed by atoms with van der Waals surface area (Å²) in [4.78, 5) is 0. The molecule has 182 valence electrons. The Labute approximate surface area is 198 Å². The molecule has 0 saturated heterocycles. The van der Waals surface area contributed by atoms with E-state index in [0.717, 1.165) is 47.3 Å². The fourth-order valence-corrected chi connectivity index (χ4v) is 10.3. The van der Waals surface area contributed by atoms with Crippen molar-refractivity contribution in [1.29, 1.82) is 0 Å². The minimum absolute atomic E-state index is 0.268. The largest absolute Gasteiger partial charge is 0.374 e. The maximum absolute atomic E-state index is 7.07. The van der Waals surface area contributed by atoms with E-state index in [-0.39, 0.29) is 5.60 Å². The predicted molar refractivity (Wildman–Crippen MR) is 130 cm³/mol. The van der Waals surface area contributed by atoms with Crippen molar-refractivity contribution in [3.8, 4) is 0 Å². The summed E-state index contributed by atoms with van der Waals surface area (Å²) in [6, 6.07) is 0. The Morgan fingerprint density at radius 2 is 1.16 bits per heavy atom. The highest BCUT2D eigenvalue weighted by atomic mass is 16.5. The molecule has 8 fully saturated rings. The minimum atomic E-state index is 0.268. The van der Waals surface area contributed by atoms with Crippen molar-refractivity contribution < 1.29 is 9.47 Å². The van der Waals surface area contributed by atoms with Gasteiger partial charge in [-0.3, -0.25) is 0 Å². The number of hydrogen-bond acceptors (Lipinski definition) is 2. The summed E-state index contributed by atoms with van der Waals surface area (Å²) < 4.78 is 13.7. The number of ether oxygens (including phenoxy) is 2. The summed E-state index contributed by atoms with van der Waals surface area (Å²) in [5.41, 5.74) is 0.268. The van der Waals surface area contributed by atoms with Crippen molar-refractivity contribution in [2.75, 3.05) is 0 Å². The van der Waals surface area contributed by atoms with Crippen LogP contribution in [0.5, 0.6) is 0 Å². The number of hydrogen-bond donors (Lipinski definition) is 0. The normalized spacial score (nSPS) is 51.4. The van der Waals surface area contributed by atoms with Gasteiger partial charge in [0.2, 0.25) is 0 Å². The maximum atomic E-state index is 7.07. The predicted octanol–water partition coefficient (Wildman–Crippen LogP) is 7.50. The molecule has 0 aliphatic heterocycles. The summed E-state index contributed by atoms with van der Waals surface area (Å²) in [6.45, 7) is 11.9. The molecule has 8 aliphatic rings. The Bertz CT molecular complexity index is 617. The average Bonchev–Trinajstić information content (AvgIpc) is 2.70. The van der Waals surface area contributed by atoms with E-state index >= 15 is 0 Å². The summed E-state index contributed by atoms with van der Waals surface area (Å²) in [5.74, 6) is 8.92. The Morgan fingerprint density at radius 1 is 0.656 bits per heavy atom. The SMILES string of the molecule is CC(C)[C@H](C)OC1C2CC3CC1CC(C2)C3CC(C)[C@H](C)OC12CC3CC(CC(C3)C1)C2. The molecule has 8 bridgehead atoms. The van der Waals surface area contributed by atoms with Gasteiger partial charge in [0.1, 0.15) is 0 Å². The molecule has 32 heavy (non-hydrogen) atoms. The zero-order chi connectivity index (χ0) is 22.2. The lowest BCUT2D eigenvalue weighted by molar-refractivity contribution is -0.199. The third kappa shape index (κ3) is 3.92. The first-order valence-electron chi connectivity index (χ1n) is 14.6. The highest BCUT2D eigenvalue weighted by molar-refractivity contribution is 5.05. The molecule has 0 N–H and O–H groups in total. The molecular formula is C30H50O2. The van der Waals surface area contributed by atoms with Gasteiger partial charge in [0.05, 0.1) is 23.9 Å². The van der Waals surface area contributed by atoms with E-state index in [9.17, 15) is 0 Å². The molecule has 0 heterocycles. The van der Waals surface area contributed by atoms with Gasteiger partial charge in [-0.15, -0.1) is 0 Å². The van der Waals surface area contributed by atoms with E-state index in [1.54, 1.807) is 0 Å². The molecule has 0 spiro atoms. The molecule has 0 radical (unpaired) electrons. The zero-order valence-corrected chi connectivity index (χ0v) is 21.6. The van der Waals surface area contributed by atoms with Crippen molar-refractivity contribution >= 4 is 0 Å². The van der Waals surface area contributed by atoms with Crippen LogP contribution in [-0.4, -0.2) is 23.9 Å². The Kier molecular flexibility index (Phi) is 5.77. The monoisotopic (exact) mass is 442 g/mol. The molecule has 8 aliphatic carbocycles. The summed E-state index contributed by atoms with van der Waals surface area (Å²) in [5, 5.41) is 0. The van der Waals surface area contributed by atoms with E-state index in [4.69, 9.17) is 9.47 Å². The molecular weight excluding hydrogens is 392 g/mol. The smallest absolute Gasteiger partial charge is 0.0694 e. The zero-order valence-electron chi connectivity index (χ0n) is 21.6. The molecule has 0 aromatic carbocycles. The van der Waals surface area contributed by atoms with Gasteiger partial charge in [-0.2, -0.15) is 0 Å². The lowest BCUT2D eigenvalue weighted by Crippen LogP contribution is -2.55. The van der Waals surface area contributed by atoms with E-state index in [0.29, 0.717) is 30.1 Å². The van der Waals surface area contributed by atoms with Crippen LogP contribution in [0.2, 0.25) is 0 Å². The van der Waals surface area contributed by atoms with Crippen LogP contribution in [0.4, 0.5) is 0 Å². The van der Waals surface area contributed by atoms with Crippen LogP contribution in [0.25, 0.3) is 0 Å². The van der Waals surface area contributed by atoms with Crippen molar-refractivity contribution in [3.63, 3.8) is 0 Å². The minimum Gasteiger partial charge on any atom is -0.374 e. The Morgan fingerprint density at radius 3 is 1.62 bits per heavy atom. The molecule has 0 aromatic rings. The highest BCUT2D eigenvalue weighted by Gasteiger charge is 2.55. The number of rotatable bonds is 8. The van der Waals surface area contributed by atoms with Crippen molar-refractivity contribution in [1.82, 2.24) is 0 Å². The quantitative estimate of drug-likeness (QED) is 0.387. The van der Waals surface area contributed by atoms with Crippen LogP contribution in [-0.2, 0) is 9.47 Å². The molecule has 3 atom stereocenters. The van der Waals surface area contributed by atoms with Crippen molar-refractivity contribution in [2.45, 2.75) is 129 Å². The van der Waals surface area contributed by atoms with Crippen LogP contribution >= 0.6 is 0 Å². The van der Waals surface area contributed by atoms with Crippen LogP contribution in [0.1, 0.15) is 105 Å². The highest BCUT2D eigenvalue weighted by Crippen LogP contribution is 2.60. The first-order chi connectivity index (χ1) is 15.3. The summed E-state index contributed by atoms with van der Waals surface area (Å²) in [7, 11) is 0. The second-order valence-electron chi connectivity index (χ2n) is 14.3. The van der Waals surface area contributed by atoms with Gasteiger partial charge in [-0.1, -0.05) is 20.8 Å². The molecule has 0 amide bonds. The molecule has 8 saturated carbocycles. The first-order valence-corrected chi connectivity index (χ1v) is 14.6.